The Morgan fingerprint density at radius 1 is 0.913 bits per heavy atom. The van der Waals surface area contributed by atoms with Crippen molar-refractivity contribution in [3.8, 4) is 0 Å². The van der Waals surface area contributed by atoms with Crippen LogP contribution in [0.5, 0.6) is 0 Å². The summed E-state index contributed by atoms with van der Waals surface area (Å²) in [5.41, 5.74) is -0.508. The van der Waals surface area contributed by atoms with Crippen molar-refractivity contribution in [3.63, 3.8) is 0 Å². The molecule has 0 bridgehead atoms. The average Bonchev–Trinajstić information content (AvgIpc) is 2.60. The van der Waals surface area contributed by atoms with E-state index >= 15 is 0 Å². The van der Waals surface area contributed by atoms with Crippen LogP contribution in [0.2, 0.25) is 0 Å². The predicted molar refractivity (Wildman–Crippen MR) is 92.5 cm³/mol. The quantitative estimate of drug-likeness (QED) is 0.433. The minimum Gasteiger partial charge on any atom is -0.303 e. The summed E-state index contributed by atoms with van der Waals surface area (Å²) < 4.78 is 24.2. The number of carbonyl (C=O) groups is 1. The Kier molecular flexibility index (Phi) is 8.02. The van der Waals surface area contributed by atoms with Crippen LogP contribution in [0.1, 0.15) is 71.1 Å². The summed E-state index contributed by atoms with van der Waals surface area (Å²) in [5.74, 6) is 0.822. The van der Waals surface area contributed by atoms with Gasteiger partial charge in [0.2, 0.25) is 0 Å². The van der Waals surface area contributed by atoms with Gasteiger partial charge in [-0.2, -0.15) is 0 Å². The summed E-state index contributed by atoms with van der Waals surface area (Å²) in [7, 11) is -3.69. The highest BCUT2D eigenvalue weighted by molar-refractivity contribution is 7.72. The Morgan fingerprint density at radius 2 is 1.35 bits per heavy atom. The fraction of sp³-hybridized carbons (Fsp3) is 0.833. The van der Waals surface area contributed by atoms with E-state index in [1.807, 2.05) is 0 Å². The van der Waals surface area contributed by atoms with E-state index < -0.39 is 13.1 Å². The monoisotopic (exact) mass is 342 g/mol. The Balaban J connectivity index is 1.90. The first-order chi connectivity index (χ1) is 11.1. The molecule has 132 valence electrons. The van der Waals surface area contributed by atoms with Crippen molar-refractivity contribution >= 4 is 13.1 Å². The average molecular weight is 342 g/mol. The molecule has 2 rings (SSSR count). The third kappa shape index (κ3) is 6.17. The second-order valence-electron chi connectivity index (χ2n) is 6.94. The molecule has 0 aliphatic heterocycles. The summed E-state index contributed by atoms with van der Waals surface area (Å²) in [5, 5.41) is 0. The molecular weight excluding hydrogens is 311 g/mol. The van der Waals surface area contributed by atoms with Gasteiger partial charge in [-0.05, 0) is 50.5 Å². The first-order valence-corrected chi connectivity index (χ1v) is 10.7. The van der Waals surface area contributed by atoms with Crippen LogP contribution in [0.3, 0.4) is 0 Å². The maximum Gasteiger partial charge on any atom is 0.400 e. The van der Waals surface area contributed by atoms with Crippen LogP contribution in [0.4, 0.5) is 0 Å². The molecule has 0 aromatic rings. The molecule has 2 aliphatic carbocycles. The summed E-state index contributed by atoms with van der Waals surface area (Å²) in [6.07, 6.45) is 14.6. The smallest absolute Gasteiger partial charge is 0.303 e. The van der Waals surface area contributed by atoms with Crippen molar-refractivity contribution in [2.24, 2.45) is 11.8 Å². The number of carbonyl (C=O) groups excluding carboxylic acids is 1. The van der Waals surface area contributed by atoms with E-state index in [9.17, 15) is 9.36 Å². The van der Waals surface area contributed by atoms with Crippen molar-refractivity contribution in [2.45, 2.75) is 71.1 Å². The Labute approximate surface area is 140 Å². The van der Waals surface area contributed by atoms with Crippen LogP contribution in [0.25, 0.3) is 0 Å². The highest BCUT2D eigenvalue weighted by Crippen LogP contribution is 2.51. The highest BCUT2D eigenvalue weighted by Gasteiger charge is 2.35. The van der Waals surface area contributed by atoms with Gasteiger partial charge in [0.15, 0.2) is 0 Å². The van der Waals surface area contributed by atoms with Gasteiger partial charge in [-0.25, -0.2) is 0 Å². The molecule has 0 amide bonds. The van der Waals surface area contributed by atoms with Gasteiger partial charge >= 0.3 is 7.60 Å². The molecule has 0 N–H and O–H groups in total. The van der Waals surface area contributed by atoms with Gasteiger partial charge in [-0.1, -0.05) is 44.6 Å². The van der Waals surface area contributed by atoms with Crippen LogP contribution in [0.15, 0.2) is 12.2 Å². The van der Waals surface area contributed by atoms with Crippen LogP contribution in [-0.4, -0.2) is 18.7 Å². The van der Waals surface area contributed by atoms with Crippen molar-refractivity contribution in [3.05, 3.63) is 12.2 Å². The van der Waals surface area contributed by atoms with Gasteiger partial charge in [0.05, 0.1) is 13.2 Å². The third-order valence-corrected chi connectivity index (χ3v) is 6.66. The lowest BCUT2D eigenvalue weighted by Gasteiger charge is -2.26. The van der Waals surface area contributed by atoms with Crippen LogP contribution in [-0.2, 0) is 18.4 Å². The zero-order chi connectivity index (χ0) is 16.5. The van der Waals surface area contributed by atoms with Gasteiger partial charge < -0.3 is 9.05 Å². The van der Waals surface area contributed by atoms with Crippen LogP contribution < -0.4 is 0 Å². The lowest BCUT2D eigenvalue weighted by atomic mass is 9.90. The zero-order valence-corrected chi connectivity index (χ0v) is 15.3. The van der Waals surface area contributed by atoms with Gasteiger partial charge in [0.25, 0.3) is 5.52 Å². The molecule has 0 heterocycles. The molecule has 2 saturated carbocycles. The SMILES string of the molecule is CC=CC(=O)P(=O)(OCC1CCCCC1)OCC1CCCCC1. The second-order valence-corrected chi connectivity index (χ2v) is 8.89. The van der Waals surface area contributed by atoms with Crippen molar-refractivity contribution in [2.75, 3.05) is 13.2 Å². The number of hydrogen-bond acceptors (Lipinski definition) is 4. The van der Waals surface area contributed by atoms with E-state index in [1.54, 1.807) is 13.0 Å². The molecule has 0 spiro atoms. The van der Waals surface area contributed by atoms with Crippen molar-refractivity contribution < 1.29 is 18.4 Å². The van der Waals surface area contributed by atoms with Crippen LogP contribution in [0, 0.1) is 11.8 Å². The van der Waals surface area contributed by atoms with Crippen molar-refractivity contribution in [1.29, 1.82) is 0 Å². The Hall–Kier alpha value is -0.440. The molecule has 0 radical (unpaired) electrons. The lowest BCUT2D eigenvalue weighted by Crippen LogP contribution is -2.18. The summed E-state index contributed by atoms with van der Waals surface area (Å²) in [4.78, 5) is 12.2. The maximum absolute atomic E-state index is 12.9. The minimum absolute atomic E-state index is 0.380. The maximum atomic E-state index is 12.9. The van der Waals surface area contributed by atoms with Gasteiger partial charge in [-0.3, -0.25) is 9.36 Å². The fourth-order valence-corrected chi connectivity index (χ4v) is 4.99. The third-order valence-electron chi connectivity index (χ3n) is 4.99. The Morgan fingerprint density at radius 3 is 1.74 bits per heavy atom. The molecule has 0 aromatic carbocycles. The molecule has 23 heavy (non-hydrogen) atoms. The number of rotatable bonds is 8. The van der Waals surface area contributed by atoms with E-state index in [-0.39, 0.29) is 0 Å². The largest absolute Gasteiger partial charge is 0.400 e. The van der Waals surface area contributed by atoms with E-state index in [4.69, 9.17) is 9.05 Å². The highest BCUT2D eigenvalue weighted by atomic mass is 31.2. The van der Waals surface area contributed by atoms with E-state index in [0.29, 0.717) is 25.0 Å². The summed E-state index contributed by atoms with van der Waals surface area (Å²) in [6, 6.07) is 0. The molecule has 0 aromatic heterocycles. The Bertz CT molecular complexity index is 408. The molecule has 0 unspecified atom stereocenters. The molecule has 5 heteroatoms. The van der Waals surface area contributed by atoms with Gasteiger partial charge in [0, 0.05) is 0 Å². The minimum atomic E-state index is -3.69. The summed E-state index contributed by atoms with van der Waals surface area (Å²) in [6.45, 7) is 2.50. The number of allylic oxidation sites excluding steroid dienone is 2. The molecule has 2 fully saturated rings. The molecular formula is C18H31O4P. The molecule has 0 atom stereocenters. The van der Waals surface area contributed by atoms with Crippen molar-refractivity contribution in [1.82, 2.24) is 0 Å². The molecule has 2 aliphatic rings. The number of hydrogen-bond donors (Lipinski definition) is 0. The standard InChI is InChI=1S/C18H31O4P/c1-2-9-18(19)23(20,21-14-16-10-5-3-6-11-16)22-15-17-12-7-4-8-13-17/h2,9,16-17H,3-8,10-15H2,1H3. The molecule has 4 nitrogen and oxygen atoms in total. The zero-order valence-electron chi connectivity index (χ0n) is 14.4. The van der Waals surface area contributed by atoms with E-state index in [0.717, 1.165) is 25.7 Å². The van der Waals surface area contributed by atoms with Crippen LogP contribution >= 0.6 is 7.60 Å². The van der Waals surface area contributed by atoms with E-state index in [1.165, 1.54) is 44.6 Å². The summed E-state index contributed by atoms with van der Waals surface area (Å²) >= 11 is 0. The first kappa shape index (κ1) is 18.9. The second kappa shape index (κ2) is 9.76. The molecule has 0 saturated heterocycles. The van der Waals surface area contributed by atoms with E-state index in [2.05, 4.69) is 0 Å². The first-order valence-electron chi connectivity index (χ1n) is 9.20. The normalized spacial score (nSPS) is 21.8. The fourth-order valence-electron chi connectivity index (χ4n) is 3.51. The van der Waals surface area contributed by atoms with Gasteiger partial charge in [-0.15, -0.1) is 0 Å². The predicted octanol–water partition coefficient (Wildman–Crippen LogP) is 5.48. The topological polar surface area (TPSA) is 52.6 Å². The lowest BCUT2D eigenvalue weighted by molar-refractivity contribution is -0.110. The van der Waals surface area contributed by atoms with Gasteiger partial charge in [0.1, 0.15) is 0 Å².